The second kappa shape index (κ2) is 10.8. The normalized spacial score (nSPS) is 8.67. The van der Waals surface area contributed by atoms with Crippen LogP contribution < -0.4 is 5.73 Å². The second-order valence-corrected chi connectivity index (χ2v) is 2.37. The summed E-state index contributed by atoms with van der Waals surface area (Å²) in [5.41, 5.74) is 5.03. The minimum atomic E-state index is 0.306. The van der Waals surface area contributed by atoms with Crippen LogP contribution in [0.25, 0.3) is 0 Å². The lowest BCUT2D eigenvalue weighted by molar-refractivity contribution is 0.248. The third kappa shape index (κ3) is 32.6. The third-order valence-electron chi connectivity index (χ3n) is 0.654. The van der Waals surface area contributed by atoms with Crippen LogP contribution in [0.1, 0.15) is 27.2 Å². The number of rotatable bonds is 2. The number of nitrogens with two attached hydrogens (primary N) is 1. The van der Waals surface area contributed by atoms with E-state index in [-0.39, 0.29) is 0 Å². The van der Waals surface area contributed by atoms with E-state index < -0.39 is 0 Å². The first kappa shape index (κ1) is 11.7. The van der Waals surface area contributed by atoms with E-state index >= 15 is 0 Å². The smallest absolute Gasteiger partial charge is 0.0453 e. The van der Waals surface area contributed by atoms with Crippen molar-refractivity contribution in [1.82, 2.24) is 0 Å². The monoisotopic (exact) mass is 133 g/mol. The van der Waals surface area contributed by atoms with Gasteiger partial charge in [0.25, 0.3) is 0 Å². The summed E-state index contributed by atoms with van der Waals surface area (Å²) >= 11 is 0. The van der Waals surface area contributed by atoms with E-state index in [0.29, 0.717) is 12.5 Å². The Kier molecular flexibility index (Phi) is 14.0. The molecule has 3 N–H and O–H groups in total. The van der Waals surface area contributed by atoms with Crippen molar-refractivity contribution in [2.75, 3.05) is 13.2 Å². The summed E-state index contributed by atoms with van der Waals surface area (Å²) in [6.45, 7) is 7.12. The molecule has 0 amide bonds. The van der Waals surface area contributed by atoms with Crippen LogP contribution >= 0.6 is 0 Å². The van der Waals surface area contributed by atoms with Gasteiger partial charge in [-0.3, -0.25) is 0 Å². The Hall–Kier alpha value is -0.0800. The maximum absolute atomic E-state index is 8.14. The molecular formula is C7H19NO. The molecule has 0 heterocycles. The van der Waals surface area contributed by atoms with Crippen LogP contribution in [0.5, 0.6) is 0 Å². The van der Waals surface area contributed by atoms with Crippen molar-refractivity contribution in [2.24, 2.45) is 11.7 Å². The SMILES string of the molecule is CC(C)CO.CCCN. The molecule has 0 saturated heterocycles. The zero-order chi connectivity index (χ0) is 7.70. The average molecular weight is 133 g/mol. The summed E-state index contributed by atoms with van der Waals surface area (Å²) in [5.74, 6) is 0.440. The van der Waals surface area contributed by atoms with E-state index in [4.69, 9.17) is 10.8 Å². The van der Waals surface area contributed by atoms with Crippen LogP contribution in [-0.2, 0) is 0 Å². The molecule has 0 aliphatic rings. The first-order chi connectivity index (χ1) is 4.18. The van der Waals surface area contributed by atoms with Gasteiger partial charge in [0.2, 0.25) is 0 Å². The molecule has 0 unspecified atom stereocenters. The number of aliphatic hydroxyl groups excluding tert-OH is 1. The zero-order valence-corrected chi connectivity index (χ0v) is 6.72. The molecule has 0 aliphatic heterocycles. The van der Waals surface area contributed by atoms with E-state index in [1.54, 1.807) is 0 Å². The van der Waals surface area contributed by atoms with Gasteiger partial charge in [-0.05, 0) is 18.9 Å². The molecule has 0 rings (SSSR count). The highest BCUT2D eigenvalue weighted by atomic mass is 16.3. The summed E-state index contributed by atoms with van der Waals surface area (Å²) in [5, 5.41) is 8.14. The Bertz CT molecular complexity index is 35.9. The van der Waals surface area contributed by atoms with Gasteiger partial charge in [0.1, 0.15) is 0 Å². The lowest BCUT2D eigenvalue weighted by Crippen LogP contribution is -1.93. The average Bonchev–Trinajstić information content (AvgIpc) is 1.89. The van der Waals surface area contributed by atoms with E-state index in [1.165, 1.54) is 0 Å². The van der Waals surface area contributed by atoms with E-state index in [0.717, 1.165) is 13.0 Å². The Labute approximate surface area is 58.1 Å². The second-order valence-electron chi connectivity index (χ2n) is 2.37. The molecule has 0 bridgehead atoms. The molecule has 0 spiro atoms. The van der Waals surface area contributed by atoms with Crippen LogP contribution in [0.4, 0.5) is 0 Å². The molecule has 0 radical (unpaired) electrons. The minimum Gasteiger partial charge on any atom is -0.396 e. The van der Waals surface area contributed by atoms with Gasteiger partial charge in [0.15, 0.2) is 0 Å². The highest BCUT2D eigenvalue weighted by Crippen LogP contribution is 1.83. The molecule has 0 aromatic rings. The molecule has 2 heteroatoms. The van der Waals surface area contributed by atoms with Gasteiger partial charge >= 0.3 is 0 Å². The lowest BCUT2D eigenvalue weighted by atomic mass is 10.2. The molecular weight excluding hydrogens is 114 g/mol. The van der Waals surface area contributed by atoms with Crippen LogP contribution in [0.15, 0.2) is 0 Å². The van der Waals surface area contributed by atoms with Gasteiger partial charge < -0.3 is 10.8 Å². The predicted octanol–water partition coefficient (Wildman–Crippen LogP) is 0.990. The van der Waals surface area contributed by atoms with Gasteiger partial charge in [0.05, 0.1) is 0 Å². The summed E-state index contributed by atoms with van der Waals surface area (Å²) in [6, 6.07) is 0. The molecule has 58 valence electrons. The van der Waals surface area contributed by atoms with Crippen molar-refractivity contribution in [3.63, 3.8) is 0 Å². The fourth-order valence-corrected chi connectivity index (χ4v) is 0. The summed E-state index contributed by atoms with van der Waals surface area (Å²) < 4.78 is 0. The van der Waals surface area contributed by atoms with Gasteiger partial charge in [-0.25, -0.2) is 0 Å². The molecule has 0 fully saturated rings. The highest BCUT2D eigenvalue weighted by molar-refractivity contribution is 4.32. The summed E-state index contributed by atoms with van der Waals surface area (Å²) in [4.78, 5) is 0. The van der Waals surface area contributed by atoms with Gasteiger partial charge in [-0.15, -0.1) is 0 Å². The van der Waals surface area contributed by atoms with E-state index in [9.17, 15) is 0 Å². The quantitative estimate of drug-likeness (QED) is 0.590. The van der Waals surface area contributed by atoms with Gasteiger partial charge in [-0.2, -0.15) is 0 Å². The number of hydrogen-bond acceptors (Lipinski definition) is 2. The first-order valence-electron chi connectivity index (χ1n) is 3.49. The Morgan fingerprint density at radius 3 is 1.67 bits per heavy atom. The Morgan fingerprint density at radius 1 is 1.44 bits per heavy atom. The standard InChI is InChI=1S/C4H10O.C3H9N/c1-4(2)3-5;1-2-3-4/h4-5H,3H2,1-2H3;2-4H2,1H3. The van der Waals surface area contributed by atoms with Crippen molar-refractivity contribution >= 4 is 0 Å². The molecule has 0 aliphatic carbocycles. The molecule has 0 aromatic heterocycles. The van der Waals surface area contributed by atoms with E-state index in [1.807, 2.05) is 13.8 Å². The zero-order valence-electron chi connectivity index (χ0n) is 6.72. The molecule has 9 heavy (non-hydrogen) atoms. The molecule has 0 atom stereocenters. The number of hydrogen-bond donors (Lipinski definition) is 2. The van der Waals surface area contributed by atoms with Crippen LogP contribution in [0.2, 0.25) is 0 Å². The maximum atomic E-state index is 8.14. The summed E-state index contributed by atoms with van der Waals surface area (Å²) in [7, 11) is 0. The van der Waals surface area contributed by atoms with Gasteiger partial charge in [-0.1, -0.05) is 20.8 Å². The summed E-state index contributed by atoms with van der Waals surface area (Å²) in [6.07, 6.45) is 1.10. The minimum absolute atomic E-state index is 0.306. The fourth-order valence-electron chi connectivity index (χ4n) is 0. The lowest BCUT2D eigenvalue weighted by Gasteiger charge is -1.90. The first-order valence-corrected chi connectivity index (χ1v) is 3.49. The van der Waals surface area contributed by atoms with E-state index in [2.05, 4.69) is 6.92 Å². The fraction of sp³-hybridized carbons (Fsp3) is 1.00. The largest absolute Gasteiger partial charge is 0.396 e. The van der Waals surface area contributed by atoms with Crippen molar-refractivity contribution in [3.8, 4) is 0 Å². The van der Waals surface area contributed by atoms with Crippen molar-refractivity contribution in [1.29, 1.82) is 0 Å². The Morgan fingerprint density at radius 2 is 1.67 bits per heavy atom. The topological polar surface area (TPSA) is 46.2 Å². The van der Waals surface area contributed by atoms with Crippen LogP contribution in [0, 0.1) is 5.92 Å². The van der Waals surface area contributed by atoms with Crippen LogP contribution in [0.3, 0.4) is 0 Å². The highest BCUT2D eigenvalue weighted by Gasteiger charge is 1.81. The molecule has 2 nitrogen and oxygen atoms in total. The van der Waals surface area contributed by atoms with Crippen molar-refractivity contribution in [3.05, 3.63) is 0 Å². The number of aliphatic hydroxyl groups is 1. The maximum Gasteiger partial charge on any atom is 0.0453 e. The van der Waals surface area contributed by atoms with Crippen molar-refractivity contribution in [2.45, 2.75) is 27.2 Å². The van der Waals surface area contributed by atoms with Crippen LogP contribution in [-0.4, -0.2) is 18.3 Å². The van der Waals surface area contributed by atoms with Gasteiger partial charge in [0, 0.05) is 6.61 Å². The third-order valence-corrected chi connectivity index (χ3v) is 0.654. The molecule has 0 saturated carbocycles. The Balaban J connectivity index is 0. The van der Waals surface area contributed by atoms with Crippen molar-refractivity contribution < 1.29 is 5.11 Å². The predicted molar refractivity (Wildman–Crippen MR) is 41.3 cm³/mol. The molecule has 0 aromatic carbocycles.